The maximum absolute atomic E-state index is 10.5. The van der Waals surface area contributed by atoms with Crippen LogP contribution in [0.3, 0.4) is 0 Å². The van der Waals surface area contributed by atoms with Crippen LogP contribution >= 0.6 is 0 Å². The highest BCUT2D eigenvalue weighted by Crippen LogP contribution is 2.34. The van der Waals surface area contributed by atoms with Crippen molar-refractivity contribution in [3.8, 4) is 11.5 Å². The average Bonchev–Trinajstić information content (AvgIpc) is 2.51. The van der Waals surface area contributed by atoms with Crippen molar-refractivity contribution in [3.63, 3.8) is 0 Å². The summed E-state index contributed by atoms with van der Waals surface area (Å²) >= 11 is 0. The van der Waals surface area contributed by atoms with Crippen LogP contribution in [0.1, 0.15) is 24.0 Å². The molecule has 2 rings (SSSR count). The maximum Gasteiger partial charge on any atom is 0.303 e. The highest BCUT2D eigenvalue weighted by Gasteiger charge is 2.14. The lowest BCUT2D eigenvalue weighted by Crippen LogP contribution is -2.00. The molecule has 1 heterocycles. The number of carboxylic acid groups (broad SMARTS) is 1. The molecule has 0 saturated heterocycles. The molecule has 92 valence electrons. The van der Waals surface area contributed by atoms with Crippen molar-refractivity contribution in [1.82, 2.24) is 0 Å². The van der Waals surface area contributed by atoms with E-state index in [2.05, 4.69) is 0 Å². The standard InChI is InChI=1S/C13H16O4/c1-9-7-10(3-4-12(14)15)8-11-13(9)17-6-2-5-16-11/h7-8H,2-6H2,1H3,(H,14,15). The van der Waals surface area contributed by atoms with Crippen molar-refractivity contribution in [2.45, 2.75) is 26.2 Å². The Balaban J connectivity index is 2.22. The summed E-state index contributed by atoms with van der Waals surface area (Å²) < 4.78 is 11.2. The van der Waals surface area contributed by atoms with Crippen LogP contribution < -0.4 is 9.47 Å². The number of carbonyl (C=O) groups is 1. The molecule has 0 atom stereocenters. The molecule has 0 radical (unpaired) electrons. The molecule has 0 saturated carbocycles. The van der Waals surface area contributed by atoms with Gasteiger partial charge < -0.3 is 14.6 Å². The summed E-state index contributed by atoms with van der Waals surface area (Å²) in [6.45, 7) is 3.27. The third-order valence-electron chi connectivity index (χ3n) is 2.72. The van der Waals surface area contributed by atoms with Crippen LogP contribution in [0.25, 0.3) is 0 Å². The van der Waals surface area contributed by atoms with Gasteiger partial charge in [0.25, 0.3) is 0 Å². The number of hydrogen-bond donors (Lipinski definition) is 1. The molecule has 0 amide bonds. The van der Waals surface area contributed by atoms with Gasteiger partial charge in [0.2, 0.25) is 0 Å². The molecule has 1 aliphatic heterocycles. The molecule has 0 unspecified atom stereocenters. The molecule has 1 N–H and O–H groups in total. The van der Waals surface area contributed by atoms with Gasteiger partial charge in [-0.2, -0.15) is 0 Å². The van der Waals surface area contributed by atoms with Crippen molar-refractivity contribution in [3.05, 3.63) is 23.3 Å². The van der Waals surface area contributed by atoms with Crippen molar-refractivity contribution >= 4 is 5.97 Å². The summed E-state index contributed by atoms with van der Waals surface area (Å²) in [5, 5.41) is 8.67. The minimum Gasteiger partial charge on any atom is -0.490 e. The van der Waals surface area contributed by atoms with E-state index < -0.39 is 5.97 Å². The molecule has 1 aliphatic rings. The van der Waals surface area contributed by atoms with E-state index >= 15 is 0 Å². The largest absolute Gasteiger partial charge is 0.490 e. The van der Waals surface area contributed by atoms with Crippen molar-refractivity contribution in [1.29, 1.82) is 0 Å². The summed E-state index contributed by atoms with van der Waals surface area (Å²) in [7, 11) is 0. The molecule has 17 heavy (non-hydrogen) atoms. The van der Waals surface area contributed by atoms with Crippen LogP contribution in [0.4, 0.5) is 0 Å². The lowest BCUT2D eigenvalue weighted by atomic mass is 10.1. The number of hydrogen-bond acceptors (Lipinski definition) is 3. The summed E-state index contributed by atoms with van der Waals surface area (Å²) in [4.78, 5) is 10.5. The van der Waals surface area contributed by atoms with Crippen LogP contribution in [0.15, 0.2) is 12.1 Å². The monoisotopic (exact) mass is 236 g/mol. The van der Waals surface area contributed by atoms with E-state index in [0.717, 1.165) is 29.0 Å². The van der Waals surface area contributed by atoms with E-state index in [1.807, 2.05) is 19.1 Å². The number of carboxylic acids is 1. The number of fused-ring (bicyclic) bond motifs is 1. The van der Waals surface area contributed by atoms with Crippen LogP contribution in [0.5, 0.6) is 11.5 Å². The van der Waals surface area contributed by atoms with Gasteiger partial charge in [-0.15, -0.1) is 0 Å². The van der Waals surface area contributed by atoms with E-state index in [1.54, 1.807) is 0 Å². The van der Waals surface area contributed by atoms with E-state index in [0.29, 0.717) is 19.6 Å². The first-order valence-electron chi connectivity index (χ1n) is 5.78. The number of ether oxygens (including phenoxy) is 2. The Kier molecular flexibility index (Phi) is 3.52. The van der Waals surface area contributed by atoms with Gasteiger partial charge in [-0.1, -0.05) is 6.07 Å². The Hall–Kier alpha value is -1.71. The zero-order valence-corrected chi connectivity index (χ0v) is 9.86. The Morgan fingerprint density at radius 3 is 2.88 bits per heavy atom. The van der Waals surface area contributed by atoms with E-state index in [4.69, 9.17) is 14.6 Å². The number of aryl methyl sites for hydroxylation is 2. The smallest absolute Gasteiger partial charge is 0.303 e. The summed E-state index contributed by atoms with van der Waals surface area (Å²) in [6, 6.07) is 3.85. The van der Waals surface area contributed by atoms with Gasteiger partial charge in [0.1, 0.15) is 0 Å². The van der Waals surface area contributed by atoms with Gasteiger partial charge in [-0.05, 0) is 30.5 Å². The van der Waals surface area contributed by atoms with Crippen LogP contribution in [-0.4, -0.2) is 24.3 Å². The second-order valence-electron chi connectivity index (χ2n) is 4.18. The molecule has 0 fully saturated rings. The molecule has 4 nitrogen and oxygen atoms in total. The van der Waals surface area contributed by atoms with Gasteiger partial charge in [-0.3, -0.25) is 4.79 Å². The first-order chi connectivity index (χ1) is 8.16. The molecule has 1 aromatic carbocycles. The minimum absolute atomic E-state index is 0.138. The highest BCUT2D eigenvalue weighted by atomic mass is 16.5. The number of aliphatic carboxylic acids is 1. The summed E-state index contributed by atoms with van der Waals surface area (Å²) in [6.07, 6.45) is 1.53. The Morgan fingerprint density at radius 1 is 1.35 bits per heavy atom. The zero-order chi connectivity index (χ0) is 12.3. The number of benzene rings is 1. The molecular weight excluding hydrogens is 220 g/mol. The Morgan fingerprint density at radius 2 is 2.12 bits per heavy atom. The van der Waals surface area contributed by atoms with Crippen LogP contribution in [0, 0.1) is 6.92 Å². The minimum atomic E-state index is -0.783. The molecular formula is C13H16O4. The number of rotatable bonds is 3. The van der Waals surface area contributed by atoms with Crippen molar-refractivity contribution in [2.75, 3.05) is 13.2 Å². The normalized spacial score (nSPS) is 14.2. The first kappa shape index (κ1) is 11.8. The second-order valence-corrected chi connectivity index (χ2v) is 4.18. The molecule has 0 aromatic heterocycles. The van der Waals surface area contributed by atoms with E-state index in [9.17, 15) is 4.79 Å². The lowest BCUT2D eigenvalue weighted by molar-refractivity contribution is -0.136. The summed E-state index contributed by atoms with van der Waals surface area (Å²) in [5.41, 5.74) is 1.99. The predicted molar refractivity (Wildman–Crippen MR) is 62.7 cm³/mol. The van der Waals surface area contributed by atoms with E-state index in [1.165, 1.54) is 0 Å². The van der Waals surface area contributed by atoms with Gasteiger partial charge in [-0.25, -0.2) is 0 Å². The SMILES string of the molecule is Cc1cc(CCC(=O)O)cc2c1OCCCO2. The van der Waals surface area contributed by atoms with Gasteiger partial charge in [0, 0.05) is 12.8 Å². The van der Waals surface area contributed by atoms with Crippen LogP contribution in [-0.2, 0) is 11.2 Å². The molecule has 4 heteroatoms. The fraction of sp³-hybridized carbons (Fsp3) is 0.462. The fourth-order valence-electron chi connectivity index (χ4n) is 1.92. The first-order valence-corrected chi connectivity index (χ1v) is 5.78. The third kappa shape index (κ3) is 2.90. The predicted octanol–water partition coefficient (Wildman–Crippen LogP) is 2.17. The highest BCUT2D eigenvalue weighted by molar-refractivity contribution is 5.67. The second kappa shape index (κ2) is 5.08. The fourth-order valence-corrected chi connectivity index (χ4v) is 1.92. The zero-order valence-electron chi connectivity index (χ0n) is 9.86. The molecule has 1 aromatic rings. The van der Waals surface area contributed by atoms with E-state index in [-0.39, 0.29) is 6.42 Å². The quantitative estimate of drug-likeness (QED) is 0.873. The molecule has 0 aliphatic carbocycles. The Labute approximate surface area is 100 Å². The van der Waals surface area contributed by atoms with Crippen LogP contribution in [0.2, 0.25) is 0 Å². The molecule has 0 spiro atoms. The van der Waals surface area contributed by atoms with Gasteiger partial charge in [0.05, 0.1) is 13.2 Å². The van der Waals surface area contributed by atoms with Gasteiger partial charge in [0.15, 0.2) is 11.5 Å². The summed E-state index contributed by atoms with van der Waals surface area (Å²) in [5.74, 6) is 0.749. The third-order valence-corrected chi connectivity index (χ3v) is 2.72. The molecule has 0 bridgehead atoms. The van der Waals surface area contributed by atoms with Gasteiger partial charge >= 0.3 is 5.97 Å². The lowest BCUT2D eigenvalue weighted by Gasteiger charge is -2.12. The van der Waals surface area contributed by atoms with Crippen molar-refractivity contribution in [2.24, 2.45) is 0 Å². The average molecular weight is 236 g/mol. The topological polar surface area (TPSA) is 55.8 Å². The maximum atomic E-state index is 10.5. The van der Waals surface area contributed by atoms with Crippen molar-refractivity contribution < 1.29 is 19.4 Å². The Bertz CT molecular complexity index is 426.